The van der Waals surface area contributed by atoms with Gasteiger partial charge in [-0.25, -0.2) is 0 Å². The first kappa shape index (κ1) is 34.9. The molecule has 0 atom stereocenters. The Morgan fingerprint density at radius 1 is 0.234 bits per heavy atom. The van der Waals surface area contributed by atoms with E-state index in [9.17, 15) is 0 Å². The summed E-state index contributed by atoms with van der Waals surface area (Å²) in [4.78, 5) is 16.6. The third kappa shape index (κ3) is 4.83. The van der Waals surface area contributed by atoms with Gasteiger partial charge in [-0.3, -0.25) is 9.13 Å². The molecule has 0 fully saturated rings. The lowest BCUT2D eigenvalue weighted by Gasteiger charge is -2.15. The summed E-state index contributed by atoms with van der Waals surface area (Å²) in [6.45, 7) is 0. The Morgan fingerprint density at radius 3 is 0.906 bits per heavy atom. The number of hydrogen-bond donors (Lipinski definition) is 0. The third-order valence-electron chi connectivity index (χ3n) is 13.0. The van der Waals surface area contributed by atoms with Crippen LogP contribution < -0.4 is 0 Å². The van der Waals surface area contributed by atoms with Gasteiger partial charge in [0.2, 0.25) is 11.9 Å². The first-order chi connectivity index (χ1) is 31.8. The largest absolute Gasteiger partial charge is 0.307 e. The van der Waals surface area contributed by atoms with Crippen molar-refractivity contribution in [2.75, 3.05) is 0 Å². The number of hydrogen-bond acceptors (Lipinski definition) is 3. The summed E-state index contributed by atoms with van der Waals surface area (Å²) < 4.78 is 9.34. The highest BCUT2D eigenvalue weighted by Crippen LogP contribution is 2.44. The Kier molecular flexibility index (Phi) is 7.27. The van der Waals surface area contributed by atoms with Gasteiger partial charge in [0, 0.05) is 60.0 Å². The summed E-state index contributed by atoms with van der Waals surface area (Å²) in [7, 11) is 0. The molecule has 0 bridgehead atoms. The van der Waals surface area contributed by atoms with Crippen LogP contribution in [0.25, 0.3) is 122 Å². The molecule has 64 heavy (non-hydrogen) atoms. The molecule has 0 aliphatic heterocycles. The van der Waals surface area contributed by atoms with E-state index in [-0.39, 0.29) is 0 Å². The van der Waals surface area contributed by atoms with Crippen molar-refractivity contribution in [2.45, 2.75) is 0 Å². The zero-order valence-electron chi connectivity index (χ0n) is 34.3. The normalized spacial score (nSPS) is 12.1. The van der Waals surface area contributed by atoms with Crippen molar-refractivity contribution in [2.24, 2.45) is 0 Å². The third-order valence-corrected chi connectivity index (χ3v) is 13.0. The molecule has 7 heteroatoms. The first-order valence-corrected chi connectivity index (χ1v) is 21.6. The lowest BCUT2D eigenvalue weighted by atomic mass is 10.1. The van der Waals surface area contributed by atoms with Gasteiger partial charge in [0.1, 0.15) is 0 Å². The summed E-state index contributed by atoms with van der Waals surface area (Å²) in [5.41, 5.74) is 11.6. The molecular weight excluding hydrogens is 783 g/mol. The number of benzene rings is 9. The Hall–Kier alpha value is -8.81. The van der Waals surface area contributed by atoms with Crippen LogP contribution in [0.2, 0.25) is 0 Å². The van der Waals surface area contributed by atoms with Crippen molar-refractivity contribution in [3.05, 3.63) is 212 Å². The van der Waals surface area contributed by atoms with Crippen molar-refractivity contribution in [3.8, 4) is 34.7 Å². The average Bonchev–Trinajstić information content (AvgIpc) is 4.10. The summed E-state index contributed by atoms with van der Waals surface area (Å²) in [6, 6.07) is 75.3. The molecule has 5 aromatic heterocycles. The Balaban J connectivity index is 1.17. The fourth-order valence-corrected chi connectivity index (χ4v) is 10.4. The van der Waals surface area contributed by atoms with Gasteiger partial charge in [0.25, 0.3) is 0 Å². The second kappa shape index (κ2) is 13.3. The Labute approximate surface area is 366 Å². The molecule has 0 amide bonds. The smallest absolute Gasteiger partial charge is 0.240 e. The van der Waals surface area contributed by atoms with Crippen molar-refractivity contribution in [3.63, 3.8) is 0 Å². The molecule has 0 aliphatic rings. The average molecular weight is 818 g/mol. The van der Waals surface area contributed by atoms with Gasteiger partial charge in [-0.05, 0) is 48.5 Å². The lowest BCUT2D eigenvalue weighted by Crippen LogP contribution is -2.11. The number of para-hydroxylation sites is 6. The van der Waals surface area contributed by atoms with E-state index in [0.29, 0.717) is 17.7 Å². The van der Waals surface area contributed by atoms with Crippen LogP contribution >= 0.6 is 0 Å². The fourth-order valence-electron chi connectivity index (χ4n) is 10.4. The highest BCUT2D eigenvalue weighted by Gasteiger charge is 2.26. The summed E-state index contributed by atoms with van der Waals surface area (Å²) in [5, 5.41) is 9.18. The van der Waals surface area contributed by atoms with Crippen LogP contribution in [0.5, 0.6) is 0 Å². The van der Waals surface area contributed by atoms with E-state index < -0.39 is 0 Å². The Bertz CT molecular complexity index is 3930. The first-order valence-electron chi connectivity index (χ1n) is 21.6. The number of rotatable bonds is 5. The summed E-state index contributed by atoms with van der Waals surface area (Å²) >= 11 is 0. The molecule has 298 valence electrons. The molecule has 0 saturated heterocycles. The lowest BCUT2D eigenvalue weighted by molar-refractivity contribution is 0.893. The molecule has 14 aromatic rings. The van der Waals surface area contributed by atoms with Crippen molar-refractivity contribution >= 4 is 87.2 Å². The molecule has 0 unspecified atom stereocenters. The van der Waals surface area contributed by atoms with E-state index >= 15 is 0 Å². The quantitative estimate of drug-likeness (QED) is 0.174. The monoisotopic (exact) mass is 817 g/mol. The van der Waals surface area contributed by atoms with E-state index in [2.05, 4.69) is 212 Å². The molecule has 14 rings (SSSR count). The van der Waals surface area contributed by atoms with E-state index in [1.165, 1.54) is 10.8 Å². The predicted molar refractivity (Wildman–Crippen MR) is 263 cm³/mol. The maximum atomic E-state index is 5.66. The summed E-state index contributed by atoms with van der Waals surface area (Å²) in [5.74, 6) is 1.66. The maximum absolute atomic E-state index is 5.66. The molecule has 0 radical (unpaired) electrons. The van der Waals surface area contributed by atoms with Crippen LogP contribution in [0, 0.1) is 0 Å². The van der Waals surface area contributed by atoms with Crippen molar-refractivity contribution in [1.82, 2.24) is 33.2 Å². The molecule has 5 heterocycles. The Morgan fingerprint density at radius 2 is 0.531 bits per heavy atom. The second-order valence-corrected chi connectivity index (χ2v) is 16.4. The van der Waals surface area contributed by atoms with E-state index in [1.807, 2.05) is 18.2 Å². The summed E-state index contributed by atoms with van der Waals surface area (Å²) in [6.07, 6.45) is 0. The minimum atomic E-state index is 0.536. The van der Waals surface area contributed by atoms with Crippen LogP contribution in [-0.4, -0.2) is 33.2 Å². The zero-order valence-corrected chi connectivity index (χ0v) is 34.3. The molecule has 7 nitrogen and oxygen atoms in total. The maximum Gasteiger partial charge on any atom is 0.240 e. The minimum absolute atomic E-state index is 0.536. The zero-order chi connectivity index (χ0) is 41.9. The van der Waals surface area contributed by atoms with Crippen molar-refractivity contribution in [1.29, 1.82) is 0 Å². The van der Waals surface area contributed by atoms with Crippen molar-refractivity contribution < 1.29 is 0 Å². The van der Waals surface area contributed by atoms with E-state index in [1.54, 1.807) is 0 Å². The van der Waals surface area contributed by atoms with Crippen LogP contribution in [0.15, 0.2) is 212 Å². The van der Waals surface area contributed by atoms with E-state index in [4.69, 9.17) is 15.0 Å². The standard InChI is InChI=1S/C57H35N7/c1-4-18-36(19-5-1)55-58-56(63-49-30-16-12-26-41(49)45-34-32-43-39-24-10-14-28-47(39)61(51(43)53(45)63)37-20-6-2-7-21-37)60-57(59-55)64-50-31-17-13-27-42(50)46-35-33-44-40-25-11-15-29-48(40)62(52(44)54(46)64)38-22-8-3-9-23-38/h1-35H. The van der Waals surface area contributed by atoms with Gasteiger partial charge < -0.3 is 9.13 Å². The SMILES string of the molecule is c1ccc(-c2nc(-n3c4ccccc4c4ccc5c6ccccc6n(-c6ccccc6)c5c43)nc(-n3c4ccccc4c4ccc5c6ccccc6n(-c6ccccc6)c5c43)n2)cc1. The minimum Gasteiger partial charge on any atom is -0.307 e. The number of fused-ring (bicyclic) bond motifs is 14. The molecule has 0 saturated carbocycles. The van der Waals surface area contributed by atoms with Crippen LogP contribution in [0.4, 0.5) is 0 Å². The van der Waals surface area contributed by atoms with Gasteiger partial charge in [-0.1, -0.05) is 164 Å². The second-order valence-electron chi connectivity index (χ2n) is 16.4. The van der Waals surface area contributed by atoms with E-state index in [0.717, 1.165) is 93.4 Å². The highest BCUT2D eigenvalue weighted by atomic mass is 15.3. The van der Waals surface area contributed by atoms with Crippen LogP contribution in [0.1, 0.15) is 0 Å². The fraction of sp³-hybridized carbons (Fsp3) is 0. The topological polar surface area (TPSA) is 58.4 Å². The molecule has 0 spiro atoms. The van der Waals surface area contributed by atoms with Crippen LogP contribution in [-0.2, 0) is 0 Å². The van der Waals surface area contributed by atoms with Gasteiger partial charge in [-0.2, -0.15) is 15.0 Å². The number of aromatic nitrogens is 7. The number of nitrogens with zero attached hydrogens (tertiary/aromatic N) is 7. The molecule has 9 aromatic carbocycles. The van der Waals surface area contributed by atoms with Gasteiger partial charge >= 0.3 is 0 Å². The molecular formula is C57H35N7. The molecule has 0 N–H and O–H groups in total. The van der Waals surface area contributed by atoms with Crippen LogP contribution in [0.3, 0.4) is 0 Å². The van der Waals surface area contributed by atoms with Gasteiger partial charge in [0.05, 0.1) is 44.1 Å². The van der Waals surface area contributed by atoms with Gasteiger partial charge in [-0.15, -0.1) is 0 Å². The molecule has 0 aliphatic carbocycles. The predicted octanol–water partition coefficient (Wildman–Crippen LogP) is 13.9. The highest BCUT2D eigenvalue weighted by molar-refractivity contribution is 6.25. The van der Waals surface area contributed by atoms with Gasteiger partial charge in [0.15, 0.2) is 5.82 Å².